The van der Waals surface area contributed by atoms with Crippen LogP contribution in [0.3, 0.4) is 0 Å². The third-order valence-corrected chi connectivity index (χ3v) is 4.03. The maximum atomic E-state index is 10.1. The SMILES string of the molecule is COCCn1ncc(Br)c1C1CCCCC1O. The number of halogens is 1. The molecule has 0 aromatic carbocycles. The zero-order chi connectivity index (χ0) is 12.3. The van der Waals surface area contributed by atoms with Crippen LogP contribution < -0.4 is 0 Å². The number of aliphatic hydroxyl groups is 1. The van der Waals surface area contributed by atoms with Gasteiger partial charge in [0.05, 0.1) is 35.6 Å². The maximum absolute atomic E-state index is 10.1. The summed E-state index contributed by atoms with van der Waals surface area (Å²) in [5.74, 6) is 0.206. The standard InChI is InChI=1S/C12H19BrN2O2/c1-17-7-6-15-12(10(13)8-14-15)9-4-2-3-5-11(9)16/h8-9,11,16H,2-7H2,1H3. The number of hydrogen-bond donors (Lipinski definition) is 1. The fourth-order valence-corrected chi connectivity index (χ4v) is 3.12. The molecule has 1 aliphatic carbocycles. The monoisotopic (exact) mass is 302 g/mol. The van der Waals surface area contributed by atoms with E-state index in [9.17, 15) is 5.11 Å². The Morgan fingerprint density at radius 3 is 3.00 bits per heavy atom. The smallest absolute Gasteiger partial charge is 0.0658 e. The lowest BCUT2D eigenvalue weighted by Gasteiger charge is -2.28. The minimum Gasteiger partial charge on any atom is -0.392 e. The normalized spacial score (nSPS) is 25.1. The van der Waals surface area contributed by atoms with Crippen molar-refractivity contribution < 1.29 is 9.84 Å². The minimum atomic E-state index is -0.238. The zero-order valence-corrected chi connectivity index (χ0v) is 11.7. The lowest BCUT2D eigenvalue weighted by Crippen LogP contribution is -2.26. The minimum absolute atomic E-state index is 0.206. The zero-order valence-electron chi connectivity index (χ0n) is 10.1. The van der Waals surface area contributed by atoms with E-state index in [1.54, 1.807) is 7.11 Å². The molecule has 1 saturated carbocycles. The molecule has 1 aromatic rings. The van der Waals surface area contributed by atoms with Crippen LogP contribution in [-0.4, -0.2) is 34.7 Å². The van der Waals surface area contributed by atoms with Crippen LogP contribution in [0.15, 0.2) is 10.7 Å². The summed E-state index contributed by atoms with van der Waals surface area (Å²) < 4.78 is 8.04. The summed E-state index contributed by atoms with van der Waals surface area (Å²) in [6.45, 7) is 1.38. The highest BCUT2D eigenvalue weighted by Gasteiger charge is 2.29. The van der Waals surface area contributed by atoms with Crippen molar-refractivity contribution in [3.8, 4) is 0 Å². The number of rotatable bonds is 4. The molecule has 0 aliphatic heterocycles. The van der Waals surface area contributed by atoms with E-state index in [1.165, 1.54) is 6.42 Å². The Hall–Kier alpha value is -0.390. The molecule has 0 bridgehead atoms. The molecule has 2 atom stereocenters. The van der Waals surface area contributed by atoms with Crippen LogP contribution in [-0.2, 0) is 11.3 Å². The van der Waals surface area contributed by atoms with Crippen molar-refractivity contribution >= 4 is 15.9 Å². The van der Waals surface area contributed by atoms with Gasteiger partial charge in [-0.2, -0.15) is 5.10 Å². The predicted octanol–water partition coefficient (Wildman–Crippen LogP) is 2.31. The molecule has 5 heteroatoms. The molecule has 0 saturated heterocycles. The van der Waals surface area contributed by atoms with E-state index in [2.05, 4.69) is 21.0 Å². The van der Waals surface area contributed by atoms with E-state index in [1.807, 2.05) is 10.9 Å². The maximum Gasteiger partial charge on any atom is 0.0658 e. The third-order valence-electron chi connectivity index (χ3n) is 3.42. The van der Waals surface area contributed by atoms with E-state index in [-0.39, 0.29) is 12.0 Å². The molecule has 2 unspecified atom stereocenters. The molecule has 4 nitrogen and oxygen atoms in total. The fourth-order valence-electron chi connectivity index (χ4n) is 2.53. The summed E-state index contributed by atoms with van der Waals surface area (Å²) in [6.07, 6.45) is 5.82. The highest BCUT2D eigenvalue weighted by Crippen LogP contribution is 2.36. The van der Waals surface area contributed by atoms with Gasteiger partial charge in [0.1, 0.15) is 0 Å². The van der Waals surface area contributed by atoms with Crippen LogP contribution in [0, 0.1) is 0 Å². The number of methoxy groups -OCH3 is 1. The van der Waals surface area contributed by atoms with Crippen molar-refractivity contribution in [1.29, 1.82) is 0 Å². The van der Waals surface area contributed by atoms with Crippen molar-refractivity contribution in [2.45, 2.75) is 44.2 Å². The summed E-state index contributed by atoms with van der Waals surface area (Å²) in [5.41, 5.74) is 1.12. The third kappa shape index (κ3) is 2.89. The van der Waals surface area contributed by atoms with E-state index in [0.29, 0.717) is 6.61 Å². The average Bonchev–Trinajstić information content (AvgIpc) is 2.69. The van der Waals surface area contributed by atoms with Gasteiger partial charge < -0.3 is 9.84 Å². The van der Waals surface area contributed by atoms with Gasteiger partial charge in [0.15, 0.2) is 0 Å². The van der Waals surface area contributed by atoms with Crippen LogP contribution in [0.5, 0.6) is 0 Å². The second-order valence-corrected chi connectivity index (χ2v) is 5.41. The number of nitrogens with zero attached hydrogens (tertiary/aromatic N) is 2. The molecule has 1 heterocycles. The average molecular weight is 303 g/mol. The molecule has 1 N–H and O–H groups in total. The van der Waals surface area contributed by atoms with E-state index < -0.39 is 0 Å². The Labute approximate surface area is 110 Å². The number of ether oxygens (including phenoxy) is 1. The Bertz CT molecular complexity index is 367. The lowest BCUT2D eigenvalue weighted by molar-refractivity contribution is 0.100. The van der Waals surface area contributed by atoms with Crippen LogP contribution in [0.25, 0.3) is 0 Å². The quantitative estimate of drug-likeness (QED) is 0.928. The topological polar surface area (TPSA) is 47.3 Å². The molecule has 1 aliphatic rings. The first kappa shape index (κ1) is 13.1. The van der Waals surface area contributed by atoms with E-state index in [0.717, 1.165) is 36.0 Å². The van der Waals surface area contributed by atoms with Crippen LogP contribution >= 0.6 is 15.9 Å². The lowest BCUT2D eigenvalue weighted by atomic mass is 9.84. The Morgan fingerprint density at radius 2 is 2.29 bits per heavy atom. The Kier molecular flexibility index (Phi) is 4.59. The molecule has 1 fully saturated rings. The first-order chi connectivity index (χ1) is 8.24. The van der Waals surface area contributed by atoms with Gasteiger partial charge >= 0.3 is 0 Å². The van der Waals surface area contributed by atoms with E-state index >= 15 is 0 Å². The molecule has 0 radical (unpaired) electrons. The summed E-state index contributed by atoms with van der Waals surface area (Å²) >= 11 is 3.54. The summed E-state index contributed by atoms with van der Waals surface area (Å²) in [6, 6.07) is 0. The van der Waals surface area contributed by atoms with Crippen LogP contribution in [0.1, 0.15) is 37.3 Å². The fraction of sp³-hybridized carbons (Fsp3) is 0.750. The first-order valence-corrected chi connectivity index (χ1v) is 6.91. The summed E-state index contributed by atoms with van der Waals surface area (Å²) in [4.78, 5) is 0. The second-order valence-electron chi connectivity index (χ2n) is 4.55. The van der Waals surface area contributed by atoms with Gasteiger partial charge in [0.25, 0.3) is 0 Å². The largest absolute Gasteiger partial charge is 0.392 e. The number of hydrogen-bond acceptors (Lipinski definition) is 3. The number of aromatic nitrogens is 2. The highest BCUT2D eigenvalue weighted by molar-refractivity contribution is 9.10. The Morgan fingerprint density at radius 1 is 1.53 bits per heavy atom. The van der Waals surface area contributed by atoms with Crippen LogP contribution in [0.2, 0.25) is 0 Å². The highest BCUT2D eigenvalue weighted by atomic mass is 79.9. The van der Waals surface area contributed by atoms with Crippen molar-refractivity contribution in [2.24, 2.45) is 0 Å². The van der Waals surface area contributed by atoms with Crippen molar-refractivity contribution in [3.05, 3.63) is 16.4 Å². The van der Waals surface area contributed by atoms with Gasteiger partial charge in [0.2, 0.25) is 0 Å². The van der Waals surface area contributed by atoms with Gasteiger partial charge in [-0.25, -0.2) is 0 Å². The predicted molar refractivity (Wildman–Crippen MR) is 69.0 cm³/mol. The van der Waals surface area contributed by atoms with Crippen molar-refractivity contribution in [1.82, 2.24) is 9.78 Å². The van der Waals surface area contributed by atoms with Gasteiger partial charge in [-0.1, -0.05) is 12.8 Å². The molecule has 2 rings (SSSR count). The van der Waals surface area contributed by atoms with Crippen molar-refractivity contribution in [2.75, 3.05) is 13.7 Å². The molecule has 0 spiro atoms. The van der Waals surface area contributed by atoms with Crippen LogP contribution in [0.4, 0.5) is 0 Å². The van der Waals surface area contributed by atoms with Crippen molar-refractivity contribution in [3.63, 3.8) is 0 Å². The molecule has 1 aromatic heterocycles. The van der Waals surface area contributed by atoms with Gasteiger partial charge in [-0.3, -0.25) is 4.68 Å². The molecule has 0 amide bonds. The first-order valence-electron chi connectivity index (χ1n) is 6.12. The number of aliphatic hydroxyl groups excluding tert-OH is 1. The molecule has 96 valence electrons. The van der Waals surface area contributed by atoms with E-state index in [4.69, 9.17) is 4.74 Å². The van der Waals surface area contributed by atoms with Gasteiger partial charge in [-0.15, -0.1) is 0 Å². The van der Waals surface area contributed by atoms with Gasteiger partial charge in [0, 0.05) is 13.0 Å². The Balaban J connectivity index is 2.19. The van der Waals surface area contributed by atoms with Gasteiger partial charge in [-0.05, 0) is 28.8 Å². The molecular weight excluding hydrogens is 284 g/mol. The molecule has 17 heavy (non-hydrogen) atoms. The second kappa shape index (κ2) is 5.98. The molecular formula is C12H19BrN2O2. The summed E-state index contributed by atoms with van der Waals surface area (Å²) in [5, 5.41) is 14.5. The summed E-state index contributed by atoms with van der Waals surface area (Å²) in [7, 11) is 1.69.